The van der Waals surface area contributed by atoms with E-state index in [0.717, 1.165) is 11.4 Å². The Bertz CT molecular complexity index is 492. The van der Waals surface area contributed by atoms with Crippen molar-refractivity contribution in [3.05, 3.63) is 41.7 Å². The highest BCUT2D eigenvalue weighted by Gasteiger charge is 2.06. The molecule has 0 aliphatic rings. The number of methoxy groups -OCH3 is 1. The van der Waals surface area contributed by atoms with Gasteiger partial charge in [-0.15, -0.1) is 5.10 Å². The van der Waals surface area contributed by atoms with Gasteiger partial charge in [0.2, 0.25) is 0 Å². The Morgan fingerprint density at radius 1 is 1.33 bits per heavy atom. The van der Waals surface area contributed by atoms with Crippen molar-refractivity contribution in [3.63, 3.8) is 0 Å². The van der Waals surface area contributed by atoms with Gasteiger partial charge in [-0.2, -0.15) is 0 Å². The summed E-state index contributed by atoms with van der Waals surface area (Å²) in [4.78, 5) is 0. The fourth-order valence-electron chi connectivity index (χ4n) is 1.74. The van der Waals surface area contributed by atoms with E-state index in [1.807, 2.05) is 25.4 Å². The molecular weight excluding hydrogens is 228 g/mol. The lowest BCUT2D eigenvalue weighted by Gasteiger charge is -2.13. The molecule has 1 atom stereocenters. The molecule has 18 heavy (non-hydrogen) atoms. The molecule has 0 amide bonds. The van der Waals surface area contributed by atoms with E-state index in [1.165, 1.54) is 5.56 Å². The second-order valence-corrected chi connectivity index (χ2v) is 4.26. The molecule has 1 aromatic heterocycles. The third kappa shape index (κ3) is 3.07. The topological polar surface area (TPSA) is 52.0 Å². The van der Waals surface area contributed by atoms with Gasteiger partial charge < -0.3 is 10.1 Å². The number of hydrogen-bond acceptors (Lipinski definition) is 4. The molecule has 0 spiro atoms. The number of aromatic nitrogens is 3. The standard InChI is InChI=1S/C13H18N4O/c1-10(11-4-6-13(18-3)7-5-11)14-8-12-9-17(2)16-15-12/h4-7,9-10,14H,8H2,1-3H3/t10-/m1/s1. The third-order valence-corrected chi connectivity index (χ3v) is 2.86. The highest BCUT2D eigenvalue weighted by molar-refractivity contribution is 5.28. The molecule has 0 aliphatic heterocycles. The van der Waals surface area contributed by atoms with Gasteiger partial charge in [-0.05, 0) is 24.6 Å². The predicted octanol–water partition coefficient (Wildman–Crippen LogP) is 1.67. The maximum absolute atomic E-state index is 5.14. The Morgan fingerprint density at radius 2 is 2.06 bits per heavy atom. The molecular formula is C13H18N4O. The average molecular weight is 246 g/mol. The molecule has 0 aliphatic carbocycles. The van der Waals surface area contributed by atoms with Crippen LogP contribution in [-0.4, -0.2) is 22.1 Å². The van der Waals surface area contributed by atoms with Crippen LogP contribution in [-0.2, 0) is 13.6 Å². The summed E-state index contributed by atoms with van der Waals surface area (Å²) in [5.74, 6) is 0.875. The van der Waals surface area contributed by atoms with Crippen molar-refractivity contribution in [1.82, 2.24) is 20.3 Å². The van der Waals surface area contributed by atoms with E-state index in [1.54, 1.807) is 11.8 Å². The Morgan fingerprint density at radius 3 is 2.61 bits per heavy atom. The smallest absolute Gasteiger partial charge is 0.118 e. The lowest BCUT2D eigenvalue weighted by atomic mass is 10.1. The minimum Gasteiger partial charge on any atom is -0.497 e. The number of hydrogen-bond donors (Lipinski definition) is 1. The van der Waals surface area contributed by atoms with Crippen molar-refractivity contribution < 1.29 is 4.74 Å². The van der Waals surface area contributed by atoms with E-state index in [4.69, 9.17) is 4.74 Å². The van der Waals surface area contributed by atoms with Crippen molar-refractivity contribution in [2.24, 2.45) is 7.05 Å². The summed E-state index contributed by atoms with van der Waals surface area (Å²) in [5.41, 5.74) is 2.16. The van der Waals surface area contributed by atoms with Gasteiger partial charge in [-0.1, -0.05) is 17.3 Å². The molecule has 0 fully saturated rings. The van der Waals surface area contributed by atoms with Crippen LogP contribution in [0.2, 0.25) is 0 Å². The normalized spacial score (nSPS) is 12.4. The summed E-state index contributed by atoms with van der Waals surface area (Å²) in [6.45, 7) is 2.83. The maximum atomic E-state index is 5.14. The van der Waals surface area contributed by atoms with Crippen LogP contribution in [0, 0.1) is 0 Å². The molecule has 2 rings (SSSR count). The molecule has 1 N–H and O–H groups in total. The Labute approximate surface area is 107 Å². The molecule has 1 heterocycles. The summed E-state index contributed by atoms with van der Waals surface area (Å²) in [6.07, 6.45) is 1.91. The van der Waals surface area contributed by atoms with Crippen LogP contribution in [0.1, 0.15) is 24.2 Å². The quantitative estimate of drug-likeness (QED) is 0.872. The number of nitrogens with zero attached hydrogens (tertiary/aromatic N) is 3. The minimum absolute atomic E-state index is 0.262. The Kier molecular flexibility index (Phi) is 3.94. The number of aryl methyl sites for hydroxylation is 1. The summed E-state index contributed by atoms with van der Waals surface area (Å²) >= 11 is 0. The van der Waals surface area contributed by atoms with Crippen LogP contribution in [0.4, 0.5) is 0 Å². The van der Waals surface area contributed by atoms with Gasteiger partial charge in [-0.3, -0.25) is 4.68 Å². The number of ether oxygens (including phenoxy) is 1. The molecule has 1 aromatic carbocycles. The van der Waals surface area contributed by atoms with Crippen molar-refractivity contribution in [1.29, 1.82) is 0 Å². The molecule has 5 nitrogen and oxygen atoms in total. The molecule has 0 saturated carbocycles. The van der Waals surface area contributed by atoms with Crippen LogP contribution in [0.3, 0.4) is 0 Å². The van der Waals surface area contributed by atoms with E-state index in [-0.39, 0.29) is 6.04 Å². The fourth-order valence-corrected chi connectivity index (χ4v) is 1.74. The largest absolute Gasteiger partial charge is 0.497 e. The van der Waals surface area contributed by atoms with Crippen molar-refractivity contribution >= 4 is 0 Å². The SMILES string of the molecule is COc1ccc([C@@H](C)NCc2cn(C)nn2)cc1. The zero-order valence-corrected chi connectivity index (χ0v) is 10.9. The van der Waals surface area contributed by atoms with E-state index < -0.39 is 0 Å². The summed E-state index contributed by atoms with van der Waals surface area (Å²) in [6, 6.07) is 8.32. The predicted molar refractivity (Wildman–Crippen MR) is 69.3 cm³/mol. The van der Waals surface area contributed by atoms with Gasteiger partial charge in [-0.25, -0.2) is 0 Å². The summed E-state index contributed by atoms with van der Waals surface area (Å²) < 4.78 is 6.84. The highest BCUT2D eigenvalue weighted by Crippen LogP contribution is 2.17. The molecule has 96 valence electrons. The van der Waals surface area contributed by atoms with E-state index >= 15 is 0 Å². The zero-order valence-electron chi connectivity index (χ0n) is 10.9. The van der Waals surface area contributed by atoms with Crippen LogP contribution in [0.25, 0.3) is 0 Å². The fraction of sp³-hybridized carbons (Fsp3) is 0.385. The zero-order chi connectivity index (χ0) is 13.0. The van der Waals surface area contributed by atoms with E-state index in [9.17, 15) is 0 Å². The first-order valence-corrected chi connectivity index (χ1v) is 5.91. The lowest BCUT2D eigenvalue weighted by Crippen LogP contribution is -2.18. The second-order valence-electron chi connectivity index (χ2n) is 4.26. The number of nitrogens with one attached hydrogen (secondary N) is 1. The second kappa shape index (κ2) is 5.64. The first-order chi connectivity index (χ1) is 8.69. The summed E-state index contributed by atoms with van der Waals surface area (Å²) in [7, 11) is 3.54. The van der Waals surface area contributed by atoms with Crippen LogP contribution >= 0.6 is 0 Å². The first-order valence-electron chi connectivity index (χ1n) is 5.91. The Balaban J connectivity index is 1.92. The van der Waals surface area contributed by atoms with Gasteiger partial charge in [0, 0.05) is 25.8 Å². The Hall–Kier alpha value is -1.88. The van der Waals surface area contributed by atoms with Crippen LogP contribution in [0.15, 0.2) is 30.5 Å². The molecule has 2 aromatic rings. The summed E-state index contributed by atoms with van der Waals surface area (Å²) in [5, 5.41) is 11.3. The molecule has 0 bridgehead atoms. The van der Waals surface area contributed by atoms with Gasteiger partial charge >= 0.3 is 0 Å². The third-order valence-electron chi connectivity index (χ3n) is 2.86. The van der Waals surface area contributed by atoms with E-state index in [2.05, 4.69) is 34.7 Å². The van der Waals surface area contributed by atoms with Gasteiger partial charge in [0.15, 0.2) is 0 Å². The van der Waals surface area contributed by atoms with Crippen LogP contribution < -0.4 is 10.1 Å². The maximum Gasteiger partial charge on any atom is 0.118 e. The highest BCUT2D eigenvalue weighted by atomic mass is 16.5. The monoisotopic (exact) mass is 246 g/mol. The van der Waals surface area contributed by atoms with Crippen LogP contribution in [0.5, 0.6) is 5.75 Å². The number of benzene rings is 1. The molecule has 0 radical (unpaired) electrons. The number of rotatable bonds is 5. The van der Waals surface area contributed by atoms with Crippen molar-refractivity contribution in [2.75, 3.05) is 7.11 Å². The van der Waals surface area contributed by atoms with Crippen molar-refractivity contribution in [2.45, 2.75) is 19.5 Å². The minimum atomic E-state index is 0.262. The first kappa shape index (κ1) is 12.6. The molecule has 5 heteroatoms. The van der Waals surface area contributed by atoms with Gasteiger partial charge in [0.25, 0.3) is 0 Å². The van der Waals surface area contributed by atoms with Gasteiger partial charge in [0.05, 0.1) is 12.8 Å². The molecule has 0 unspecified atom stereocenters. The van der Waals surface area contributed by atoms with Crippen molar-refractivity contribution in [3.8, 4) is 5.75 Å². The molecule has 0 saturated heterocycles. The average Bonchev–Trinajstić information content (AvgIpc) is 2.82. The lowest BCUT2D eigenvalue weighted by molar-refractivity contribution is 0.414. The van der Waals surface area contributed by atoms with E-state index in [0.29, 0.717) is 6.54 Å². The van der Waals surface area contributed by atoms with Gasteiger partial charge in [0.1, 0.15) is 5.75 Å².